The van der Waals surface area contributed by atoms with E-state index in [0.29, 0.717) is 23.9 Å². The van der Waals surface area contributed by atoms with E-state index in [-0.39, 0.29) is 0 Å². The van der Waals surface area contributed by atoms with E-state index in [4.69, 9.17) is 0 Å². The number of benzene rings is 2. The molecule has 0 saturated carbocycles. The average molecular weight is 385 g/mol. The van der Waals surface area contributed by atoms with Gasteiger partial charge >= 0.3 is 0 Å². The van der Waals surface area contributed by atoms with Gasteiger partial charge < -0.3 is 0 Å². The quantitative estimate of drug-likeness (QED) is 0.811. The standard InChI is InChI=1S/C22H28N2O2S/c1-18-7-2-5-11-22(18)27(25,26)24-13-6-8-19(16-24)15-23-14-12-20-9-3-4-10-21(20)17-23/h2-5,7,9-11,19H,6,8,12-17H2,1H3. The molecule has 0 aromatic heterocycles. The van der Waals surface area contributed by atoms with Crippen molar-refractivity contribution in [1.82, 2.24) is 9.21 Å². The van der Waals surface area contributed by atoms with Crippen LogP contribution >= 0.6 is 0 Å². The van der Waals surface area contributed by atoms with Crippen LogP contribution < -0.4 is 0 Å². The summed E-state index contributed by atoms with van der Waals surface area (Å²) in [7, 11) is -3.40. The summed E-state index contributed by atoms with van der Waals surface area (Å²) in [5.74, 6) is 0.405. The van der Waals surface area contributed by atoms with Gasteiger partial charge in [-0.05, 0) is 54.9 Å². The predicted octanol–water partition coefficient (Wildman–Crippen LogP) is 3.45. The summed E-state index contributed by atoms with van der Waals surface area (Å²) in [4.78, 5) is 2.95. The summed E-state index contributed by atoms with van der Waals surface area (Å²) in [5.41, 5.74) is 3.71. The Kier molecular flexibility index (Phi) is 5.35. The fraction of sp³-hybridized carbons (Fsp3) is 0.455. The van der Waals surface area contributed by atoms with Crippen LogP contribution in [0.2, 0.25) is 0 Å². The van der Waals surface area contributed by atoms with Crippen molar-refractivity contribution in [3.05, 3.63) is 65.2 Å². The zero-order chi connectivity index (χ0) is 18.9. The molecular formula is C22H28N2O2S. The first-order valence-corrected chi connectivity index (χ1v) is 11.3. The lowest BCUT2D eigenvalue weighted by molar-refractivity contribution is 0.167. The highest BCUT2D eigenvalue weighted by molar-refractivity contribution is 7.89. The number of aryl methyl sites for hydroxylation is 1. The second kappa shape index (κ2) is 7.74. The lowest BCUT2D eigenvalue weighted by Gasteiger charge is -2.37. The van der Waals surface area contributed by atoms with Crippen LogP contribution in [0.1, 0.15) is 29.5 Å². The molecule has 27 heavy (non-hydrogen) atoms. The Bertz CT molecular complexity index is 910. The topological polar surface area (TPSA) is 40.6 Å². The van der Waals surface area contributed by atoms with Gasteiger partial charge in [-0.15, -0.1) is 0 Å². The number of fused-ring (bicyclic) bond motifs is 1. The maximum absolute atomic E-state index is 13.1. The molecule has 144 valence electrons. The molecule has 0 amide bonds. The van der Waals surface area contributed by atoms with E-state index in [1.807, 2.05) is 25.1 Å². The molecule has 2 aliphatic heterocycles. The van der Waals surface area contributed by atoms with Crippen molar-refractivity contribution in [1.29, 1.82) is 0 Å². The lowest BCUT2D eigenvalue weighted by Crippen LogP contribution is -2.44. The van der Waals surface area contributed by atoms with E-state index in [0.717, 1.165) is 44.5 Å². The minimum atomic E-state index is -3.40. The second-order valence-corrected chi connectivity index (χ2v) is 9.80. The fourth-order valence-corrected chi connectivity index (χ4v) is 6.23. The number of hydrogen-bond acceptors (Lipinski definition) is 3. The van der Waals surface area contributed by atoms with Crippen molar-refractivity contribution in [2.24, 2.45) is 5.92 Å². The molecule has 0 bridgehead atoms. The number of rotatable bonds is 4. The molecule has 1 saturated heterocycles. The molecule has 0 spiro atoms. The number of hydrogen-bond donors (Lipinski definition) is 0. The Balaban J connectivity index is 1.44. The molecule has 2 heterocycles. The van der Waals surface area contributed by atoms with E-state index in [1.54, 1.807) is 10.4 Å². The van der Waals surface area contributed by atoms with Crippen LogP contribution in [0, 0.1) is 12.8 Å². The van der Waals surface area contributed by atoms with Gasteiger partial charge in [-0.1, -0.05) is 42.5 Å². The molecule has 2 aromatic rings. The maximum atomic E-state index is 13.1. The molecule has 2 aliphatic rings. The third-order valence-electron chi connectivity index (χ3n) is 5.92. The minimum absolute atomic E-state index is 0.405. The van der Waals surface area contributed by atoms with Crippen LogP contribution in [0.3, 0.4) is 0 Å². The number of piperidine rings is 1. The minimum Gasteiger partial charge on any atom is -0.298 e. The lowest BCUT2D eigenvalue weighted by atomic mass is 9.95. The van der Waals surface area contributed by atoms with Crippen LogP contribution in [0.25, 0.3) is 0 Å². The van der Waals surface area contributed by atoms with Gasteiger partial charge in [0.1, 0.15) is 0 Å². The summed E-state index contributed by atoms with van der Waals surface area (Å²) in [5, 5.41) is 0. The van der Waals surface area contributed by atoms with Crippen LogP contribution in [0.5, 0.6) is 0 Å². The second-order valence-electron chi connectivity index (χ2n) is 7.89. The van der Waals surface area contributed by atoms with E-state index in [2.05, 4.69) is 29.2 Å². The summed E-state index contributed by atoms with van der Waals surface area (Å²) in [6.45, 7) is 6.17. The molecule has 1 unspecified atom stereocenters. The van der Waals surface area contributed by atoms with Gasteiger partial charge in [0, 0.05) is 32.7 Å². The molecule has 0 aliphatic carbocycles. The summed E-state index contributed by atoms with van der Waals surface area (Å²) in [6, 6.07) is 16.0. The van der Waals surface area contributed by atoms with Crippen molar-refractivity contribution >= 4 is 10.0 Å². The van der Waals surface area contributed by atoms with Gasteiger partial charge in [-0.2, -0.15) is 4.31 Å². The first-order valence-electron chi connectivity index (χ1n) is 9.89. The van der Waals surface area contributed by atoms with E-state index in [9.17, 15) is 8.42 Å². The molecule has 2 aromatic carbocycles. The van der Waals surface area contributed by atoms with Crippen molar-refractivity contribution in [2.75, 3.05) is 26.2 Å². The molecular weight excluding hydrogens is 356 g/mol. The highest BCUT2D eigenvalue weighted by Gasteiger charge is 2.32. The molecule has 4 nitrogen and oxygen atoms in total. The third-order valence-corrected chi connectivity index (χ3v) is 7.94. The molecule has 0 N–H and O–H groups in total. The highest BCUT2D eigenvalue weighted by atomic mass is 32.2. The van der Waals surface area contributed by atoms with Gasteiger partial charge in [0.25, 0.3) is 0 Å². The van der Waals surface area contributed by atoms with Crippen LogP contribution in [0.15, 0.2) is 53.4 Å². The zero-order valence-electron chi connectivity index (χ0n) is 16.0. The first-order chi connectivity index (χ1) is 13.0. The zero-order valence-corrected chi connectivity index (χ0v) is 16.8. The largest absolute Gasteiger partial charge is 0.298 e. The SMILES string of the molecule is Cc1ccccc1S(=O)(=O)N1CCCC(CN2CCc3ccccc3C2)C1. The van der Waals surface area contributed by atoms with E-state index in [1.165, 1.54) is 11.1 Å². The van der Waals surface area contributed by atoms with Crippen LogP contribution in [0.4, 0.5) is 0 Å². The summed E-state index contributed by atoms with van der Waals surface area (Å²) in [6.07, 6.45) is 3.15. The Hall–Kier alpha value is -1.69. The van der Waals surface area contributed by atoms with Crippen molar-refractivity contribution in [3.63, 3.8) is 0 Å². The Morgan fingerprint density at radius 2 is 1.74 bits per heavy atom. The fourth-order valence-electron chi connectivity index (χ4n) is 4.45. The monoisotopic (exact) mass is 384 g/mol. The van der Waals surface area contributed by atoms with Gasteiger partial charge in [0.05, 0.1) is 4.90 Å². The third kappa shape index (κ3) is 3.96. The van der Waals surface area contributed by atoms with Crippen LogP contribution in [-0.2, 0) is 23.0 Å². The average Bonchev–Trinajstić information content (AvgIpc) is 2.68. The van der Waals surface area contributed by atoms with Crippen molar-refractivity contribution < 1.29 is 8.42 Å². The maximum Gasteiger partial charge on any atom is 0.243 e. The van der Waals surface area contributed by atoms with Gasteiger partial charge in [0.15, 0.2) is 0 Å². The Morgan fingerprint density at radius 3 is 2.56 bits per heavy atom. The first kappa shape index (κ1) is 18.7. The Morgan fingerprint density at radius 1 is 1.00 bits per heavy atom. The highest BCUT2D eigenvalue weighted by Crippen LogP contribution is 2.27. The predicted molar refractivity (Wildman–Crippen MR) is 108 cm³/mol. The molecule has 4 rings (SSSR count). The van der Waals surface area contributed by atoms with Gasteiger partial charge in [-0.3, -0.25) is 4.90 Å². The number of nitrogens with zero attached hydrogens (tertiary/aromatic N) is 2. The van der Waals surface area contributed by atoms with Crippen LogP contribution in [-0.4, -0.2) is 43.8 Å². The molecule has 0 radical (unpaired) electrons. The van der Waals surface area contributed by atoms with Crippen molar-refractivity contribution in [2.45, 2.75) is 37.6 Å². The number of sulfonamides is 1. The smallest absolute Gasteiger partial charge is 0.243 e. The summed E-state index contributed by atoms with van der Waals surface area (Å²) >= 11 is 0. The molecule has 5 heteroatoms. The van der Waals surface area contributed by atoms with Gasteiger partial charge in [0.2, 0.25) is 10.0 Å². The molecule has 1 atom stereocenters. The normalized spacial score (nSPS) is 21.7. The van der Waals surface area contributed by atoms with E-state index >= 15 is 0 Å². The van der Waals surface area contributed by atoms with Gasteiger partial charge in [-0.25, -0.2) is 8.42 Å². The molecule has 1 fully saturated rings. The van der Waals surface area contributed by atoms with Crippen molar-refractivity contribution in [3.8, 4) is 0 Å². The van der Waals surface area contributed by atoms with E-state index < -0.39 is 10.0 Å². The Labute approximate surface area is 162 Å². The summed E-state index contributed by atoms with van der Waals surface area (Å²) < 4.78 is 28.0.